The van der Waals surface area contributed by atoms with Crippen LogP contribution in [0.3, 0.4) is 0 Å². The summed E-state index contributed by atoms with van der Waals surface area (Å²) in [6, 6.07) is 0. The standard InChI is InChI=1S/C12H26O2.C11H24O2.C10H22O2.C9H20O2/c1-11(2)13-9-7-5-6-8-10-14-12(3)4;1-10(2)12-8-6-5-7-9-13-11(3)4;1-9(2)11-7-5-6-8-12-10(3)4;1-8(2)10-6-5-7-11-9(3)4/h11-12H,5-10H2,1-4H3;10-11H,5-9H2,1-4H3;9-10H,5-8H2,1-4H3;8-9H,5-7H2,1-4H3. The Morgan fingerprint density at radius 2 is 0.300 bits per heavy atom. The Kier molecular flexibility index (Phi) is 50.6. The SMILES string of the molecule is CC(C)OCCCCCCOC(C)C.CC(C)OCCCCCOC(C)C.CC(C)OCCCCOC(C)C.CC(C)OCCCOC(C)C. The number of ether oxygens (including phenoxy) is 8. The molecule has 0 aliphatic heterocycles. The van der Waals surface area contributed by atoms with E-state index in [0.29, 0.717) is 48.8 Å². The minimum Gasteiger partial charge on any atom is -0.379 e. The maximum Gasteiger partial charge on any atom is 0.0518 e. The van der Waals surface area contributed by atoms with Gasteiger partial charge in [-0.1, -0.05) is 12.8 Å². The van der Waals surface area contributed by atoms with Crippen molar-refractivity contribution in [1.29, 1.82) is 0 Å². The van der Waals surface area contributed by atoms with Crippen molar-refractivity contribution in [2.45, 2.75) is 224 Å². The lowest BCUT2D eigenvalue weighted by atomic mass is 10.2. The number of unbranched alkanes of at least 4 members (excludes halogenated alkanes) is 6. The van der Waals surface area contributed by atoms with Gasteiger partial charge in [-0.3, -0.25) is 0 Å². The number of rotatable bonds is 30. The Hall–Kier alpha value is -0.320. The zero-order chi connectivity index (χ0) is 39.0. The lowest BCUT2D eigenvalue weighted by molar-refractivity contribution is 0.0335. The van der Waals surface area contributed by atoms with Crippen LogP contribution in [-0.2, 0) is 37.9 Å². The third kappa shape index (κ3) is 73.2. The van der Waals surface area contributed by atoms with Crippen molar-refractivity contribution in [2.24, 2.45) is 0 Å². The highest BCUT2D eigenvalue weighted by Gasteiger charge is 1.98. The predicted molar refractivity (Wildman–Crippen MR) is 215 cm³/mol. The van der Waals surface area contributed by atoms with Gasteiger partial charge in [0.05, 0.1) is 48.8 Å². The molecule has 0 aliphatic rings. The largest absolute Gasteiger partial charge is 0.379 e. The number of hydrogen-bond acceptors (Lipinski definition) is 8. The average molecular weight is 725 g/mol. The molecule has 0 amide bonds. The second-order valence-electron chi connectivity index (χ2n) is 14.9. The highest BCUT2D eigenvalue weighted by Crippen LogP contribution is 2.03. The molecule has 0 bridgehead atoms. The molecule has 0 aromatic heterocycles. The highest BCUT2D eigenvalue weighted by molar-refractivity contribution is 4.47. The Labute approximate surface area is 314 Å². The van der Waals surface area contributed by atoms with Crippen LogP contribution in [0.25, 0.3) is 0 Å². The molecular formula is C42H92O8. The summed E-state index contributed by atoms with van der Waals surface area (Å²) in [6.45, 7) is 40.0. The average Bonchev–Trinajstić information content (AvgIpc) is 2.99. The summed E-state index contributed by atoms with van der Waals surface area (Å²) in [5, 5.41) is 0. The minimum absolute atomic E-state index is 0.342. The van der Waals surface area contributed by atoms with Gasteiger partial charge >= 0.3 is 0 Å². The molecule has 50 heavy (non-hydrogen) atoms. The van der Waals surface area contributed by atoms with Gasteiger partial charge in [0.2, 0.25) is 0 Å². The highest BCUT2D eigenvalue weighted by atomic mass is 16.5. The van der Waals surface area contributed by atoms with Crippen LogP contribution in [0.2, 0.25) is 0 Å². The molecule has 8 heteroatoms. The molecule has 0 saturated carbocycles. The smallest absolute Gasteiger partial charge is 0.0518 e. The fraction of sp³-hybridized carbons (Fsp3) is 1.00. The summed E-state index contributed by atoms with van der Waals surface area (Å²) in [6.07, 6.45) is 14.5. The van der Waals surface area contributed by atoms with Gasteiger partial charge in [-0.05, 0) is 162 Å². The summed E-state index contributed by atoms with van der Waals surface area (Å²) >= 11 is 0. The maximum absolute atomic E-state index is 5.46. The van der Waals surface area contributed by atoms with Crippen molar-refractivity contribution in [3.8, 4) is 0 Å². The summed E-state index contributed by atoms with van der Waals surface area (Å²) in [4.78, 5) is 0. The van der Waals surface area contributed by atoms with Crippen molar-refractivity contribution in [2.75, 3.05) is 52.9 Å². The van der Waals surface area contributed by atoms with Crippen LogP contribution < -0.4 is 0 Å². The first-order chi connectivity index (χ1) is 23.5. The van der Waals surface area contributed by atoms with Crippen molar-refractivity contribution in [1.82, 2.24) is 0 Å². The molecule has 0 N–H and O–H groups in total. The molecule has 0 aromatic carbocycles. The molecule has 0 unspecified atom stereocenters. The molecule has 0 atom stereocenters. The quantitative estimate of drug-likeness (QED) is 0.0678. The molecule has 0 rings (SSSR count). The minimum atomic E-state index is 0.342. The van der Waals surface area contributed by atoms with E-state index >= 15 is 0 Å². The maximum atomic E-state index is 5.46. The molecular weight excluding hydrogens is 632 g/mol. The fourth-order valence-electron chi connectivity index (χ4n) is 3.75. The molecule has 0 radical (unpaired) electrons. The Morgan fingerprint density at radius 3 is 0.460 bits per heavy atom. The zero-order valence-corrected chi connectivity index (χ0v) is 36.6. The van der Waals surface area contributed by atoms with Crippen LogP contribution in [0, 0.1) is 0 Å². The van der Waals surface area contributed by atoms with Gasteiger partial charge in [-0.2, -0.15) is 0 Å². The van der Waals surface area contributed by atoms with Crippen molar-refractivity contribution < 1.29 is 37.9 Å². The van der Waals surface area contributed by atoms with Gasteiger partial charge in [0, 0.05) is 52.9 Å². The van der Waals surface area contributed by atoms with Crippen LogP contribution in [0.4, 0.5) is 0 Å². The normalized spacial score (nSPS) is 11.5. The van der Waals surface area contributed by atoms with Gasteiger partial charge in [-0.25, -0.2) is 0 Å². The van der Waals surface area contributed by atoms with Crippen LogP contribution in [0.5, 0.6) is 0 Å². The zero-order valence-electron chi connectivity index (χ0n) is 36.6. The lowest BCUT2D eigenvalue weighted by Crippen LogP contribution is -2.09. The van der Waals surface area contributed by atoms with E-state index < -0.39 is 0 Å². The van der Waals surface area contributed by atoms with Crippen molar-refractivity contribution >= 4 is 0 Å². The van der Waals surface area contributed by atoms with Gasteiger partial charge in [0.25, 0.3) is 0 Å². The molecule has 8 nitrogen and oxygen atoms in total. The monoisotopic (exact) mass is 725 g/mol. The van der Waals surface area contributed by atoms with Gasteiger partial charge in [0.15, 0.2) is 0 Å². The Balaban J connectivity index is -0.000000283. The molecule has 0 heterocycles. The molecule has 0 fully saturated rings. The summed E-state index contributed by atoms with van der Waals surface area (Å²) in [5.74, 6) is 0. The van der Waals surface area contributed by atoms with Crippen molar-refractivity contribution in [3.63, 3.8) is 0 Å². The number of hydrogen-bond donors (Lipinski definition) is 0. The Bertz CT molecular complexity index is 532. The first-order valence-corrected chi connectivity index (χ1v) is 20.4. The van der Waals surface area contributed by atoms with E-state index in [1.165, 1.54) is 32.1 Å². The first-order valence-electron chi connectivity index (χ1n) is 20.4. The molecule has 0 aliphatic carbocycles. The second kappa shape index (κ2) is 44.8. The van der Waals surface area contributed by atoms with E-state index in [0.717, 1.165) is 85.0 Å². The summed E-state index contributed by atoms with van der Waals surface area (Å²) in [7, 11) is 0. The molecule has 0 aromatic rings. The van der Waals surface area contributed by atoms with Gasteiger partial charge in [-0.15, -0.1) is 0 Å². The third-order valence-electron chi connectivity index (χ3n) is 6.26. The van der Waals surface area contributed by atoms with Crippen LogP contribution >= 0.6 is 0 Å². The second-order valence-corrected chi connectivity index (χ2v) is 14.9. The topological polar surface area (TPSA) is 73.8 Å². The van der Waals surface area contributed by atoms with Crippen molar-refractivity contribution in [3.05, 3.63) is 0 Å². The summed E-state index contributed by atoms with van der Waals surface area (Å²) < 4.78 is 43.2. The Morgan fingerprint density at radius 1 is 0.180 bits per heavy atom. The van der Waals surface area contributed by atoms with E-state index in [2.05, 4.69) is 83.1 Å². The van der Waals surface area contributed by atoms with Gasteiger partial charge < -0.3 is 37.9 Å². The third-order valence-corrected chi connectivity index (χ3v) is 6.26. The molecule has 0 spiro atoms. The van der Waals surface area contributed by atoms with Crippen LogP contribution in [0.15, 0.2) is 0 Å². The van der Waals surface area contributed by atoms with E-state index in [9.17, 15) is 0 Å². The van der Waals surface area contributed by atoms with E-state index in [4.69, 9.17) is 37.9 Å². The van der Waals surface area contributed by atoms with E-state index in [1.807, 2.05) is 27.7 Å². The van der Waals surface area contributed by atoms with E-state index in [1.54, 1.807) is 0 Å². The lowest BCUT2D eigenvalue weighted by Gasteiger charge is -2.09. The van der Waals surface area contributed by atoms with Crippen LogP contribution in [0.1, 0.15) is 175 Å². The molecule has 0 saturated heterocycles. The summed E-state index contributed by atoms with van der Waals surface area (Å²) in [5.41, 5.74) is 0. The fourth-order valence-corrected chi connectivity index (χ4v) is 3.75. The predicted octanol–water partition coefficient (Wildman–Crippen LogP) is 11.2. The molecule has 308 valence electrons. The van der Waals surface area contributed by atoms with E-state index in [-0.39, 0.29) is 0 Å². The van der Waals surface area contributed by atoms with Gasteiger partial charge in [0.1, 0.15) is 0 Å². The van der Waals surface area contributed by atoms with Crippen LogP contribution in [-0.4, -0.2) is 102 Å². The first kappa shape index (κ1) is 56.4.